The van der Waals surface area contributed by atoms with Gasteiger partial charge in [-0.3, -0.25) is 14.9 Å². The van der Waals surface area contributed by atoms with Gasteiger partial charge in [-0.1, -0.05) is 0 Å². The van der Waals surface area contributed by atoms with Crippen LogP contribution in [0.5, 0.6) is 5.75 Å². The van der Waals surface area contributed by atoms with E-state index in [0.29, 0.717) is 11.3 Å². The van der Waals surface area contributed by atoms with Gasteiger partial charge >= 0.3 is 5.97 Å². The molecule has 1 aromatic rings. The third-order valence-electron chi connectivity index (χ3n) is 2.46. The van der Waals surface area contributed by atoms with E-state index in [-0.39, 0.29) is 30.2 Å². The first-order valence-corrected chi connectivity index (χ1v) is 6.12. The van der Waals surface area contributed by atoms with Crippen molar-refractivity contribution in [2.75, 3.05) is 13.7 Å². The first-order valence-electron chi connectivity index (χ1n) is 5.59. The Hall–Kier alpha value is -1.82. The van der Waals surface area contributed by atoms with E-state index in [1.54, 1.807) is 6.92 Å². The number of halogens is 1. The number of hydrogen-bond acceptors (Lipinski definition) is 5. The van der Waals surface area contributed by atoms with Crippen LogP contribution >= 0.6 is 11.6 Å². The molecule has 0 aliphatic rings. The summed E-state index contributed by atoms with van der Waals surface area (Å²) in [5.41, 5.74) is 0.674. The molecule has 0 N–H and O–H groups in total. The fourth-order valence-corrected chi connectivity index (χ4v) is 1.85. The summed E-state index contributed by atoms with van der Waals surface area (Å²) in [7, 11) is 1.40. The van der Waals surface area contributed by atoms with Crippen LogP contribution in [0.4, 0.5) is 5.69 Å². The second-order valence-corrected chi connectivity index (χ2v) is 3.93. The van der Waals surface area contributed by atoms with Crippen LogP contribution < -0.4 is 4.74 Å². The average Bonchev–Trinajstić information content (AvgIpc) is 2.38. The number of nitro groups is 1. The van der Waals surface area contributed by atoms with Crippen molar-refractivity contribution in [1.82, 2.24) is 0 Å². The average molecular weight is 288 g/mol. The van der Waals surface area contributed by atoms with Crippen LogP contribution in [0.15, 0.2) is 12.1 Å². The van der Waals surface area contributed by atoms with Crippen LogP contribution in [0.25, 0.3) is 0 Å². The Labute approximate surface area is 115 Å². The Balaban J connectivity index is 3.19. The lowest BCUT2D eigenvalue weighted by molar-refractivity contribution is -0.385. The maximum absolute atomic E-state index is 11.4. The minimum absolute atomic E-state index is 0.136. The minimum atomic E-state index is -0.560. The molecular weight excluding hydrogens is 274 g/mol. The molecule has 0 saturated carbocycles. The van der Waals surface area contributed by atoms with Crippen LogP contribution in [0.2, 0.25) is 0 Å². The zero-order chi connectivity index (χ0) is 14.4. The highest BCUT2D eigenvalue weighted by Gasteiger charge is 2.20. The highest BCUT2D eigenvalue weighted by molar-refractivity contribution is 6.17. The summed E-state index contributed by atoms with van der Waals surface area (Å²) in [6, 6.07) is 2.77. The molecule has 0 radical (unpaired) electrons. The predicted molar refractivity (Wildman–Crippen MR) is 69.5 cm³/mol. The molecule has 0 spiro atoms. The summed E-state index contributed by atoms with van der Waals surface area (Å²) < 4.78 is 9.81. The van der Waals surface area contributed by atoms with Crippen molar-refractivity contribution >= 4 is 23.3 Å². The van der Waals surface area contributed by atoms with Gasteiger partial charge in [0.05, 0.1) is 37.0 Å². The maximum atomic E-state index is 11.4. The Bertz CT molecular complexity index is 489. The Morgan fingerprint density at radius 2 is 2.11 bits per heavy atom. The van der Waals surface area contributed by atoms with E-state index in [2.05, 4.69) is 0 Å². The number of nitro benzene ring substituents is 1. The summed E-state index contributed by atoms with van der Waals surface area (Å²) >= 11 is 5.75. The van der Waals surface area contributed by atoms with Gasteiger partial charge in [-0.15, -0.1) is 11.6 Å². The summed E-state index contributed by atoms with van der Waals surface area (Å²) in [5, 5.41) is 11.0. The molecule has 0 saturated heterocycles. The molecule has 6 nitrogen and oxygen atoms in total. The topological polar surface area (TPSA) is 78.7 Å². The van der Waals surface area contributed by atoms with Gasteiger partial charge in [0.15, 0.2) is 0 Å². The number of carbonyl (C=O) groups is 1. The number of ether oxygens (including phenoxy) is 2. The van der Waals surface area contributed by atoms with Gasteiger partial charge in [0.2, 0.25) is 0 Å². The van der Waals surface area contributed by atoms with Crippen molar-refractivity contribution in [2.45, 2.75) is 19.2 Å². The quantitative estimate of drug-likeness (QED) is 0.347. The molecule has 0 aromatic heterocycles. The molecule has 0 aliphatic carbocycles. The first-order chi connectivity index (χ1) is 9.03. The second kappa shape index (κ2) is 6.94. The lowest BCUT2D eigenvalue weighted by Crippen LogP contribution is -2.10. The van der Waals surface area contributed by atoms with Crippen molar-refractivity contribution in [3.05, 3.63) is 33.4 Å². The van der Waals surface area contributed by atoms with Crippen molar-refractivity contribution in [3.8, 4) is 5.75 Å². The van der Waals surface area contributed by atoms with Crippen LogP contribution in [0.1, 0.15) is 18.1 Å². The fourth-order valence-electron chi connectivity index (χ4n) is 1.64. The van der Waals surface area contributed by atoms with Gasteiger partial charge in [0.25, 0.3) is 5.69 Å². The fraction of sp³-hybridized carbons (Fsp3) is 0.417. The Morgan fingerprint density at radius 3 is 2.58 bits per heavy atom. The molecule has 1 rings (SSSR count). The normalized spacial score (nSPS) is 10.1. The molecule has 0 atom stereocenters. The number of carbonyl (C=O) groups excluding carboxylic acids is 1. The number of esters is 1. The van der Waals surface area contributed by atoms with Crippen LogP contribution in [0.3, 0.4) is 0 Å². The zero-order valence-electron chi connectivity index (χ0n) is 10.6. The van der Waals surface area contributed by atoms with Gasteiger partial charge in [0.1, 0.15) is 5.75 Å². The van der Waals surface area contributed by atoms with Crippen LogP contribution in [-0.2, 0) is 21.8 Å². The third-order valence-corrected chi connectivity index (χ3v) is 2.75. The van der Waals surface area contributed by atoms with Crippen molar-refractivity contribution in [3.63, 3.8) is 0 Å². The predicted octanol–water partition coefficient (Wildman–Crippen LogP) is 2.45. The molecular formula is C12H14ClNO5. The van der Waals surface area contributed by atoms with Crippen LogP contribution in [-0.4, -0.2) is 24.6 Å². The number of rotatable bonds is 6. The zero-order valence-corrected chi connectivity index (χ0v) is 11.4. The van der Waals surface area contributed by atoms with E-state index < -0.39 is 10.9 Å². The Morgan fingerprint density at radius 1 is 1.42 bits per heavy atom. The molecule has 0 aliphatic heterocycles. The molecule has 0 unspecified atom stereocenters. The number of alkyl halides is 1. The van der Waals surface area contributed by atoms with Crippen molar-refractivity contribution in [2.24, 2.45) is 0 Å². The molecule has 7 heteroatoms. The molecule has 0 amide bonds. The lowest BCUT2D eigenvalue weighted by atomic mass is 10.1. The standard InChI is InChI=1S/C12H14ClNO5/c1-3-19-12(15)5-8-4-9(7-13)11(18-2)6-10(8)14(16)17/h4,6H,3,5,7H2,1-2H3. The summed E-state index contributed by atoms with van der Waals surface area (Å²) in [5.74, 6) is -0.0534. The van der Waals surface area contributed by atoms with E-state index in [4.69, 9.17) is 21.1 Å². The van der Waals surface area contributed by atoms with Gasteiger partial charge < -0.3 is 9.47 Å². The van der Waals surface area contributed by atoms with Crippen molar-refractivity contribution in [1.29, 1.82) is 0 Å². The summed E-state index contributed by atoms with van der Waals surface area (Å²) in [6.07, 6.45) is -0.169. The third kappa shape index (κ3) is 3.82. The molecule has 0 bridgehead atoms. The van der Waals surface area contributed by atoms with Gasteiger partial charge in [-0.2, -0.15) is 0 Å². The maximum Gasteiger partial charge on any atom is 0.310 e. The van der Waals surface area contributed by atoms with E-state index in [1.807, 2.05) is 0 Å². The molecule has 104 valence electrons. The van der Waals surface area contributed by atoms with Gasteiger partial charge in [0, 0.05) is 11.1 Å². The second-order valence-electron chi connectivity index (χ2n) is 3.67. The monoisotopic (exact) mass is 287 g/mol. The highest BCUT2D eigenvalue weighted by Crippen LogP contribution is 2.30. The molecule has 0 fully saturated rings. The van der Waals surface area contributed by atoms with Crippen LogP contribution in [0, 0.1) is 10.1 Å². The van der Waals surface area contributed by atoms with E-state index >= 15 is 0 Å². The van der Waals surface area contributed by atoms with E-state index in [9.17, 15) is 14.9 Å². The number of benzene rings is 1. The number of hydrogen-bond donors (Lipinski definition) is 0. The van der Waals surface area contributed by atoms with E-state index in [0.717, 1.165) is 0 Å². The smallest absolute Gasteiger partial charge is 0.310 e. The van der Waals surface area contributed by atoms with Gasteiger partial charge in [-0.25, -0.2) is 0 Å². The van der Waals surface area contributed by atoms with E-state index in [1.165, 1.54) is 19.2 Å². The first kappa shape index (κ1) is 15.2. The lowest BCUT2D eigenvalue weighted by Gasteiger charge is -2.09. The summed E-state index contributed by atoms with van der Waals surface area (Å²) in [4.78, 5) is 21.9. The Kier molecular flexibility index (Phi) is 5.57. The molecule has 0 heterocycles. The highest BCUT2D eigenvalue weighted by atomic mass is 35.5. The largest absolute Gasteiger partial charge is 0.496 e. The number of nitrogens with zero attached hydrogens (tertiary/aromatic N) is 1. The SMILES string of the molecule is CCOC(=O)Cc1cc(CCl)c(OC)cc1[N+](=O)[O-]. The molecule has 19 heavy (non-hydrogen) atoms. The van der Waals surface area contributed by atoms with Gasteiger partial charge in [-0.05, 0) is 13.0 Å². The minimum Gasteiger partial charge on any atom is -0.496 e. The van der Waals surface area contributed by atoms with Crippen molar-refractivity contribution < 1.29 is 19.2 Å². The molecule has 1 aromatic carbocycles. The summed E-state index contributed by atoms with van der Waals surface area (Å²) in [6.45, 7) is 1.90. The number of methoxy groups -OCH3 is 1.